The number of anilines is 2. The van der Waals surface area contributed by atoms with E-state index < -0.39 is 10.0 Å². The van der Waals surface area contributed by atoms with E-state index >= 15 is 0 Å². The number of benzene rings is 1. The van der Waals surface area contributed by atoms with Crippen molar-refractivity contribution in [2.75, 3.05) is 17.6 Å². The van der Waals surface area contributed by atoms with Gasteiger partial charge in [-0.1, -0.05) is 6.92 Å². The minimum atomic E-state index is -3.52. The number of nitrogen functional groups attached to an aromatic ring is 1. The number of hydrogen-bond acceptors (Lipinski definition) is 4. The molecule has 0 bridgehead atoms. The van der Waals surface area contributed by atoms with Crippen molar-refractivity contribution in [1.82, 2.24) is 4.72 Å². The van der Waals surface area contributed by atoms with Gasteiger partial charge < -0.3 is 11.1 Å². The molecule has 0 aliphatic carbocycles. The number of nitrogens with one attached hydrogen (secondary N) is 2. The smallest absolute Gasteiger partial charge is 0.240 e. The summed E-state index contributed by atoms with van der Waals surface area (Å²) in [7, 11) is -3.52. The van der Waals surface area contributed by atoms with E-state index in [9.17, 15) is 13.2 Å². The van der Waals surface area contributed by atoms with Crippen molar-refractivity contribution < 1.29 is 13.2 Å². The second kappa shape index (κ2) is 5.15. The number of sulfonamides is 1. The highest BCUT2D eigenvalue weighted by atomic mass is 32.2. The molecule has 1 aromatic carbocycles. The molecule has 94 valence electrons. The van der Waals surface area contributed by atoms with Gasteiger partial charge in [-0.15, -0.1) is 0 Å². The van der Waals surface area contributed by atoms with Gasteiger partial charge >= 0.3 is 0 Å². The van der Waals surface area contributed by atoms with Crippen LogP contribution in [0.15, 0.2) is 23.1 Å². The molecule has 17 heavy (non-hydrogen) atoms. The van der Waals surface area contributed by atoms with E-state index in [1.807, 2.05) is 0 Å². The van der Waals surface area contributed by atoms with Crippen molar-refractivity contribution in [3.63, 3.8) is 0 Å². The van der Waals surface area contributed by atoms with Gasteiger partial charge in [0.1, 0.15) is 0 Å². The Balaban J connectivity index is 3.08. The molecule has 1 rings (SSSR count). The Morgan fingerprint density at radius 1 is 1.41 bits per heavy atom. The Morgan fingerprint density at radius 3 is 2.53 bits per heavy atom. The second-order valence-electron chi connectivity index (χ2n) is 3.43. The van der Waals surface area contributed by atoms with Gasteiger partial charge in [0.2, 0.25) is 15.9 Å². The first kappa shape index (κ1) is 13.5. The maximum atomic E-state index is 11.7. The Bertz CT molecular complexity index is 526. The molecule has 0 aliphatic heterocycles. The van der Waals surface area contributed by atoms with Crippen LogP contribution in [0.2, 0.25) is 0 Å². The van der Waals surface area contributed by atoms with Gasteiger partial charge in [-0.3, -0.25) is 4.79 Å². The molecule has 0 heterocycles. The summed E-state index contributed by atoms with van der Waals surface area (Å²) in [5.74, 6) is -0.265. The van der Waals surface area contributed by atoms with Crippen LogP contribution in [-0.4, -0.2) is 20.9 Å². The van der Waals surface area contributed by atoms with Gasteiger partial charge in [-0.25, -0.2) is 13.1 Å². The Kier molecular flexibility index (Phi) is 4.08. The number of amides is 1. The molecule has 6 nitrogen and oxygen atoms in total. The Hall–Kier alpha value is -1.60. The van der Waals surface area contributed by atoms with Crippen molar-refractivity contribution in [2.24, 2.45) is 0 Å². The third-order valence-corrected chi connectivity index (χ3v) is 3.52. The SMILES string of the molecule is CCNS(=O)(=O)c1ccc(NC(C)=O)c(N)c1. The zero-order valence-electron chi connectivity index (χ0n) is 9.65. The van der Waals surface area contributed by atoms with E-state index in [1.54, 1.807) is 6.92 Å². The molecular weight excluding hydrogens is 242 g/mol. The lowest BCUT2D eigenvalue weighted by Crippen LogP contribution is -2.23. The van der Waals surface area contributed by atoms with E-state index in [4.69, 9.17) is 5.73 Å². The van der Waals surface area contributed by atoms with E-state index in [2.05, 4.69) is 10.0 Å². The van der Waals surface area contributed by atoms with E-state index in [0.29, 0.717) is 12.2 Å². The quantitative estimate of drug-likeness (QED) is 0.684. The Labute approximate surface area is 100 Å². The molecule has 0 aliphatic rings. The number of rotatable bonds is 4. The molecule has 1 aromatic rings. The van der Waals surface area contributed by atoms with Crippen molar-refractivity contribution in [1.29, 1.82) is 0 Å². The van der Waals surface area contributed by atoms with Crippen molar-refractivity contribution in [3.8, 4) is 0 Å². The van der Waals surface area contributed by atoms with Gasteiger partial charge in [0, 0.05) is 13.5 Å². The predicted molar refractivity (Wildman–Crippen MR) is 66.0 cm³/mol. The van der Waals surface area contributed by atoms with Crippen LogP contribution < -0.4 is 15.8 Å². The van der Waals surface area contributed by atoms with Crippen LogP contribution in [0.4, 0.5) is 11.4 Å². The van der Waals surface area contributed by atoms with Gasteiger partial charge in [0.05, 0.1) is 16.3 Å². The molecule has 0 spiro atoms. The normalized spacial score (nSPS) is 11.2. The largest absolute Gasteiger partial charge is 0.397 e. The van der Waals surface area contributed by atoms with Crippen LogP contribution in [0.3, 0.4) is 0 Å². The molecule has 0 saturated heterocycles. The molecule has 0 radical (unpaired) electrons. The van der Waals surface area contributed by atoms with Crippen molar-refractivity contribution in [3.05, 3.63) is 18.2 Å². The summed E-state index contributed by atoms with van der Waals surface area (Å²) in [6, 6.07) is 4.16. The number of carbonyl (C=O) groups excluding carboxylic acids is 1. The molecule has 0 atom stereocenters. The zero-order chi connectivity index (χ0) is 13.1. The third-order valence-electron chi connectivity index (χ3n) is 1.98. The molecule has 0 fully saturated rings. The van der Waals surface area contributed by atoms with Crippen LogP contribution >= 0.6 is 0 Å². The third kappa shape index (κ3) is 3.43. The lowest BCUT2D eigenvalue weighted by Gasteiger charge is -2.09. The summed E-state index contributed by atoms with van der Waals surface area (Å²) in [5.41, 5.74) is 6.26. The number of nitrogens with two attached hydrogens (primary N) is 1. The predicted octanol–water partition coefficient (Wildman–Crippen LogP) is 0.525. The average molecular weight is 257 g/mol. The van der Waals surface area contributed by atoms with Gasteiger partial charge in [0.15, 0.2) is 0 Å². The number of carbonyl (C=O) groups is 1. The highest BCUT2D eigenvalue weighted by Gasteiger charge is 2.14. The lowest BCUT2D eigenvalue weighted by molar-refractivity contribution is -0.114. The van der Waals surface area contributed by atoms with E-state index in [1.165, 1.54) is 25.1 Å². The first-order chi connectivity index (χ1) is 7.86. The van der Waals surface area contributed by atoms with E-state index in [-0.39, 0.29) is 16.5 Å². The molecular formula is C10H15N3O3S. The first-order valence-corrected chi connectivity index (χ1v) is 6.52. The van der Waals surface area contributed by atoms with Gasteiger partial charge in [0.25, 0.3) is 0 Å². The van der Waals surface area contributed by atoms with Crippen LogP contribution in [0, 0.1) is 0 Å². The van der Waals surface area contributed by atoms with Crippen molar-refractivity contribution >= 4 is 27.3 Å². The van der Waals surface area contributed by atoms with Crippen LogP contribution in [0.5, 0.6) is 0 Å². The fraction of sp³-hybridized carbons (Fsp3) is 0.300. The molecule has 0 unspecified atom stereocenters. The minimum absolute atomic E-state index is 0.0750. The number of hydrogen-bond donors (Lipinski definition) is 3. The molecule has 0 saturated carbocycles. The molecule has 1 amide bonds. The fourth-order valence-electron chi connectivity index (χ4n) is 1.28. The van der Waals surface area contributed by atoms with E-state index in [0.717, 1.165) is 0 Å². The van der Waals surface area contributed by atoms with Crippen molar-refractivity contribution in [2.45, 2.75) is 18.7 Å². The standard InChI is InChI=1S/C10H15N3O3S/c1-3-12-17(15,16)8-4-5-10(9(11)6-8)13-7(2)14/h4-6,12H,3,11H2,1-2H3,(H,13,14). The monoisotopic (exact) mass is 257 g/mol. The minimum Gasteiger partial charge on any atom is -0.397 e. The highest BCUT2D eigenvalue weighted by molar-refractivity contribution is 7.89. The maximum absolute atomic E-state index is 11.7. The zero-order valence-corrected chi connectivity index (χ0v) is 10.5. The summed E-state index contributed by atoms with van der Waals surface area (Å²) in [6.45, 7) is 3.34. The molecule has 0 aromatic heterocycles. The molecule has 7 heteroatoms. The summed E-state index contributed by atoms with van der Waals surface area (Å²) in [6.07, 6.45) is 0. The first-order valence-electron chi connectivity index (χ1n) is 5.03. The summed E-state index contributed by atoms with van der Waals surface area (Å²) >= 11 is 0. The van der Waals surface area contributed by atoms with Gasteiger partial charge in [-0.2, -0.15) is 0 Å². The van der Waals surface area contributed by atoms with Crippen LogP contribution in [0.25, 0.3) is 0 Å². The maximum Gasteiger partial charge on any atom is 0.240 e. The Morgan fingerprint density at radius 2 is 2.06 bits per heavy atom. The summed E-state index contributed by atoms with van der Waals surface area (Å²) in [4.78, 5) is 10.9. The lowest BCUT2D eigenvalue weighted by atomic mass is 10.2. The van der Waals surface area contributed by atoms with Crippen LogP contribution in [0.1, 0.15) is 13.8 Å². The fourth-order valence-corrected chi connectivity index (χ4v) is 2.36. The van der Waals surface area contributed by atoms with Gasteiger partial charge in [-0.05, 0) is 18.2 Å². The second-order valence-corrected chi connectivity index (χ2v) is 5.20. The summed E-state index contributed by atoms with van der Waals surface area (Å²) in [5, 5.41) is 2.50. The average Bonchev–Trinajstić information content (AvgIpc) is 2.20. The molecule has 4 N–H and O–H groups in total. The topological polar surface area (TPSA) is 101 Å². The van der Waals surface area contributed by atoms with Crippen LogP contribution in [-0.2, 0) is 14.8 Å². The highest BCUT2D eigenvalue weighted by Crippen LogP contribution is 2.22. The summed E-state index contributed by atoms with van der Waals surface area (Å²) < 4.78 is 25.7.